The van der Waals surface area contributed by atoms with E-state index in [1.54, 1.807) is 6.92 Å². The molecule has 0 amide bonds. The number of alkyl halides is 1. The van der Waals surface area contributed by atoms with Gasteiger partial charge < -0.3 is 0 Å². The highest BCUT2D eigenvalue weighted by atomic mass is 79.9. The van der Waals surface area contributed by atoms with Crippen LogP contribution in [-0.2, 0) is 9.84 Å². The van der Waals surface area contributed by atoms with Gasteiger partial charge in [-0.1, -0.05) is 6.92 Å². The zero-order valence-corrected chi connectivity index (χ0v) is 13.5. The summed E-state index contributed by atoms with van der Waals surface area (Å²) in [4.78, 5) is 10.3. The number of nitro groups is 1. The summed E-state index contributed by atoms with van der Waals surface area (Å²) in [5.74, 6) is -0.0381. The van der Waals surface area contributed by atoms with Gasteiger partial charge in [0.2, 0.25) is 0 Å². The van der Waals surface area contributed by atoms with Crippen molar-refractivity contribution in [2.75, 3.05) is 11.6 Å². The minimum atomic E-state index is -3.52. The van der Waals surface area contributed by atoms with Crippen LogP contribution in [0.15, 0.2) is 21.5 Å². The molecule has 0 heterocycles. The monoisotopic (exact) mass is 369 g/mol. The normalized spacial score (nSPS) is 13.3. The van der Waals surface area contributed by atoms with Crippen molar-refractivity contribution in [2.45, 2.75) is 18.7 Å². The van der Waals surface area contributed by atoms with Crippen molar-refractivity contribution >= 4 is 43.1 Å². The number of halogens is 2. The molecule has 0 aliphatic heterocycles. The average molecular weight is 371 g/mol. The minimum absolute atomic E-state index is 0.0626. The van der Waals surface area contributed by atoms with E-state index in [9.17, 15) is 18.5 Å². The summed E-state index contributed by atoms with van der Waals surface area (Å²) < 4.78 is 24.6. The molecule has 0 aliphatic rings. The molecule has 1 aromatic rings. The molecule has 106 valence electrons. The lowest BCUT2D eigenvalue weighted by molar-refractivity contribution is -0.385. The molecule has 0 radical (unpaired) electrons. The smallest absolute Gasteiger partial charge is 0.258 e. The van der Waals surface area contributed by atoms with Gasteiger partial charge in [0.25, 0.3) is 5.69 Å². The zero-order chi connectivity index (χ0) is 14.8. The van der Waals surface area contributed by atoms with Crippen LogP contribution in [0.1, 0.15) is 12.5 Å². The topological polar surface area (TPSA) is 77.3 Å². The van der Waals surface area contributed by atoms with E-state index in [1.165, 1.54) is 19.1 Å². The molecule has 0 aromatic heterocycles. The summed E-state index contributed by atoms with van der Waals surface area (Å²) in [6.45, 7) is 3.24. The molecule has 0 N–H and O–H groups in total. The van der Waals surface area contributed by atoms with Gasteiger partial charge in [-0.2, -0.15) is 0 Å². The highest BCUT2D eigenvalue weighted by Crippen LogP contribution is 2.31. The molecule has 19 heavy (non-hydrogen) atoms. The van der Waals surface area contributed by atoms with Crippen molar-refractivity contribution in [3.8, 4) is 0 Å². The molecule has 1 aromatic carbocycles. The van der Waals surface area contributed by atoms with Crippen molar-refractivity contribution in [1.29, 1.82) is 0 Å². The van der Waals surface area contributed by atoms with Crippen LogP contribution < -0.4 is 0 Å². The van der Waals surface area contributed by atoms with Gasteiger partial charge in [-0.25, -0.2) is 8.42 Å². The van der Waals surface area contributed by atoms with E-state index < -0.39 is 14.8 Å². The van der Waals surface area contributed by atoms with Gasteiger partial charge in [0.15, 0.2) is 9.84 Å². The summed E-state index contributed by atoms with van der Waals surface area (Å²) in [5, 5.41) is 10.8. The van der Waals surface area contributed by atoms with Crippen LogP contribution in [0.3, 0.4) is 0 Å². The number of rotatable bonds is 5. The van der Waals surface area contributed by atoms with Gasteiger partial charge in [0.05, 0.1) is 15.6 Å². The van der Waals surface area contributed by atoms with Gasteiger partial charge in [-0.3, -0.25) is 10.1 Å². The first-order valence-corrected chi connectivity index (χ1v) is 8.40. The Labute approximate surface area is 125 Å². The van der Waals surface area contributed by atoms with Crippen molar-refractivity contribution < 1.29 is 13.3 Å². The third-order valence-corrected chi connectivity index (χ3v) is 6.01. The predicted molar refractivity (Wildman–Crippen MR) is 77.5 cm³/mol. The number of nitrogens with zero attached hydrogens (tertiary/aromatic N) is 1. The molecule has 1 unspecified atom stereocenters. The highest BCUT2D eigenvalue weighted by molar-refractivity contribution is 9.10. The average Bonchev–Trinajstić information content (AvgIpc) is 2.30. The number of sulfone groups is 1. The molecule has 0 spiro atoms. The summed E-state index contributed by atoms with van der Waals surface area (Å²) in [6, 6.07) is 2.53. The SMILES string of the molecule is Cc1cc(S(=O)(=O)CC(C)CCl)c(Br)cc1[N+](=O)[O-]. The van der Waals surface area contributed by atoms with Crippen molar-refractivity contribution in [2.24, 2.45) is 5.92 Å². The van der Waals surface area contributed by atoms with Crippen LogP contribution in [0.4, 0.5) is 5.69 Å². The lowest BCUT2D eigenvalue weighted by atomic mass is 10.2. The van der Waals surface area contributed by atoms with Gasteiger partial charge >= 0.3 is 0 Å². The van der Waals surface area contributed by atoms with E-state index in [-0.39, 0.29) is 32.6 Å². The fourth-order valence-corrected chi connectivity index (χ4v) is 4.66. The second-order valence-corrected chi connectivity index (χ2v) is 7.53. The molecule has 8 heteroatoms. The quantitative estimate of drug-likeness (QED) is 0.452. The Balaban J connectivity index is 3.29. The first kappa shape index (κ1) is 16.4. The Morgan fingerprint density at radius 1 is 1.47 bits per heavy atom. The van der Waals surface area contributed by atoms with Crippen LogP contribution in [0.5, 0.6) is 0 Å². The third kappa shape index (κ3) is 3.90. The van der Waals surface area contributed by atoms with E-state index >= 15 is 0 Å². The van der Waals surface area contributed by atoms with E-state index in [1.807, 2.05) is 0 Å². The number of benzene rings is 1. The highest BCUT2D eigenvalue weighted by Gasteiger charge is 2.24. The number of hydrogen-bond donors (Lipinski definition) is 0. The molecule has 0 fully saturated rings. The van der Waals surface area contributed by atoms with Gasteiger partial charge in [0, 0.05) is 22.0 Å². The number of nitro benzene ring substituents is 1. The fraction of sp³-hybridized carbons (Fsp3) is 0.455. The van der Waals surface area contributed by atoms with E-state index in [4.69, 9.17) is 11.6 Å². The molecular weight excluding hydrogens is 358 g/mol. The third-order valence-electron chi connectivity index (χ3n) is 2.55. The van der Waals surface area contributed by atoms with Crippen LogP contribution >= 0.6 is 27.5 Å². The predicted octanol–water partition coefficient (Wildman–Crippen LogP) is 3.31. The molecule has 0 aliphatic carbocycles. The Morgan fingerprint density at radius 2 is 2.05 bits per heavy atom. The Morgan fingerprint density at radius 3 is 2.53 bits per heavy atom. The van der Waals surface area contributed by atoms with E-state index in [0.717, 1.165) is 0 Å². The van der Waals surface area contributed by atoms with Crippen LogP contribution in [0.2, 0.25) is 0 Å². The largest absolute Gasteiger partial charge is 0.273 e. The molecular formula is C11H13BrClNO4S. The molecule has 0 saturated heterocycles. The van der Waals surface area contributed by atoms with Gasteiger partial charge in [0.1, 0.15) is 0 Å². The molecule has 5 nitrogen and oxygen atoms in total. The summed E-state index contributed by atoms with van der Waals surface area (Å²) in [7, 11) is -3.52. The fourth-order valence-electron chi connectivity index (χ4n) is 1.59. The molecule has 0 saturated carbocycles. The van der Waals surface area contributed by atoms with Crippen LogP contribution in [0.25, 0.3) is 0 Å². The maximum Gasteiger partial charge on any atom is 0.273 e. The minimum Gasteiger partial charge on any atom is -0.258 e. The van der Waals surface area contributed by atoms with Gasteiger partial charge in [-0.05, 0) is 34.8 Å². The summed E-state index contributed by atoms with van der Waals surface area (Å²) in [5.41, 5.74) is 0.196. The standard InChI is InChI=1S/C11H13BrClNO4S/c1-7(5-13)6-19(17,18)11-3-8(2)10(14(15)16)4-9(11)12/h3-4,7H,5-6H2,1-2H3. The maximum absolute atomic E-state index is 12.2. The first-order chi connectivity index (χ1) is 8.69. The molecule has 1 atom stereocenters. The van der Waals surface area contributed by atoms with Crippen LogP contribution in [-0.4, -0.2) is 25.0 Å². The van der Waals surface area contributed by atoms with Crippen molar-refractivity contribution in [3.05, 3.63) is 32.3 Å². The summed E-state index contributed by atoms with van der Waals surface area (Å²) in [6.07, 6.45) is 0. The van der Waals surface area contributed by atoms with E-state index in [0.29, 0.717) is 5.56 Å². The zero-order valence-electron chi connectivity index (χ0n) is 10.4. The molecule has 1 rings (SSSR count). The van der Waals surface area contributed by atoms with Crippen LogP contribution in [0, 0.1) is 23.0 Å². The lowest BCUT2D eigenvalue weighted by Gasteiger charge is -2.11. The lowest BCUT2D eigenvalue weighted by Crippen LogP contribution is -2.16. The second-order valence-electron chi connectivity index (χ2n) is 4.37. The van der Waals surface area contributed by atoms with Crippen molar-refractivity contribution in [1.82, 2.24) is 0 Å². The number of hydrogen-bond acceptors (Lipinski definition) is 4. The first-order valence-electron chi connectivity index (χ1n) is 5.42. The molecule has 0 bridgehead atoms. The maximum atomic E-state index is 12.2. The Hall–Kier alpha value is -0.660. The number of aryl methyl sites for hydroxylation is 1. The van der Waals surface area contributed by atoms with Gasteiger partial charge in [-0.15, -0.1) is 11.6 Å². The van der Waals surface area contributed by atoms with Crippen molar-refractivity contribution in [3.63, 3.8) is 0 Å². The Kier molecular flexibility index (Phi) is 5.34. The summed E-state index contributed by atoms with van der Waals surface area (Å²) >= 11 is 8.70. The van der Waals surface area contributed by atoms with E-state index in [2.05, 4.69) is 15.9 Å². The Bertz CT molecular complexity index is 603. The second kappa shape index (κ2) is 6.19.